The van der Waals surface area contributed by atoms with Crippen LogP contribution in [0, 0.1) is 0 Å². The molecule has 0 aromatic carbocycles. The van der Waals surface area contributed by atoms with Gasteiger partial charge in [0.15, 0.2) is 0 Å². The molecule has 0 radical (unpaired) electrons. The summed E-state index contributed by atoms with van der Waals surface area (Å²) < 4.78 is 5.52. The largest absolute Gasteiger partial charge is 0.466 e. The molecular weight excluding hydrogens is 1090 g/mol. The Bertz CT molecular complexity index is 1350. The molecule has 2 atom stereocenters. The second kappa shape index (κ2) is 79.0. The first-order valence-electron chi connectivity index (χ1n) is 41.4. The number of rotatable bonds is 79. The van der Waals surface area contributed by atoms with Gasteiger partial charge in [-0.3, -0.25) is 9.59 Å². The molecule has 89 heavy (non-hydrogen) atoms. The van der Waals surface area contributed by atoms with Crippen LogP contribution in [0.4, 0.5) is 0 Å². The maximum atomic E-state index is 12.6. The number of hydrogen-bond acceptors (Lipinski definition) is 5. The van der Waals surface area contributed by atoms with Crippen molar-refractivity contribution >= 4 is 11.9 Å². The zero-order valence-corrected chi connectivity index (χ0v) is 61.0. The Hall–Kier alpha value is -1.40. The highest BCUT2D eigenvalue weighted by molar-refractivity contribution is 5.76. The van der Waals surface area contributed by atoms with Gasteiger partial charge in [-0.15, -0.1) is 0 Å². The minimum Gasteiger partial charge on any atom is -0.466 e. The molecule has 0 bridgehead atoms. The molecule has 0 rings (SSSR count). The lowest BCUT2D eigenvalue weighted by atomic mass is 10.0. The molecule has 0 aliphatic rings. The van der Waals surface area contributed by atoms with Gasteiger partial charge in [0.25, 0.3) is 0 Å². The standard InChI is InChI=1S/C83H163NO5/c1-3-5-7-9-11-13-15-17-19-21-23-24-25-34-37-40-43-47-51-55-59-63-67-71-75-81(86)80(79-85)84-82(87)76-72-68-64-60-56-52-48-44-41-38-35-32-30-28-26-27-29-31-33-36-39-42-46-50-54-58-62-66-70-74-78-89-83(88)77-73-69-65-61-57-53-49-45-22-20-18-16-14-12-10-8-6-4-2/h27,29,80-81,85-86H,3-26,28,30-79H2,1-2H3,(H,84,87)/b29-27-. The molecule has 2 unspecified atom stereocenters. The van der Waals surface area contributed by atoms with E-state index < -0.39 is 12.1 Å². The van der Waals surface area contributed by atoms with E-state index in [1.54, 1.807) is 0 Å². The van der Waals surface area contributed by atoms with Crippen LogP contribution >= 0.6 is 0 Å². The molecule has 3 N–H and O–H groups in total. The number of aliphatic hydroxyl groups excluding tert-OH is 2. The number of carbonyl (C=O) groups excluding carboxylic acids is 2. The summed E-state index contributed by atoms with van der Waals surface area (Å²) in [4.78, 5) is 24.7. The van der Waals surface area contributed by atoms with E-state index in [9.17, 15) is 19.8 Å². The number of unbranched alkanes of at least 4 members (excludes halogenated alkanes) is 66. The van der Waals surface area contributed by atoms with Crippen molar-refractivity contribution in [1.29, 1.82) is 0 Å². The van der Waals surface area contributed by atoms with Crippen molar-refractivity contribution in [3.63, 3.8) is 0 Å². The fraction of sp³-hybridized carbons (Fsp3) is 0.952. The minimum atomic E-state index is -0.664. The average molecular weight is 1260 g/mol. The van der Waals surface area contributed by atoms with E-state index in [-0.39, 0.29) is 18.5 Å². The molecule has 0 aromatic heterocycles. The molecule has 0 saturated heterocycles. The van der Waals surface area contributed by atoms with Gasteiger partial charge in [0, 0.05) is 12.8 Å². The van der Waals surface area contributed by atoms with E-state index in [2.05, 4.69) is 31.3 Å². The number of aliphatic hydroxyl groups is 2. The summed E-state index contributed by atoms with van der Waals surface area (Å²) in [5.41, 5.74) is 0. The molecule has 0 aromatic rings. The normalized spacial score (nSPS) is 12.4. The Labute approximate surface area is 559 Å². The van der Waals surface area contributed by atoms with Gasteiger partial charge in [0.2, 0.25) is 5.91 Å². The summed E-state index contributed by atoms with van der Waals surface area (Å²) in [6.07, 6.45) is 100. The third-order valence-electron chi connectivity index (χ3n) is 19.8. The molecule has 6 nitrogen and oxygen atoms in total. The highest BCUT2D eigenvalue weighted by Gasteiger charge is 2.20. The Kier molecular flexibility index (Phi) is 77.8. The van der Waals surface area contributed by atoms with Crippen molar-refractivity contribution in [1.82, 2.24) is 5.32 Å². The zero-order chi connectivity index (χ0) is 64.2. The third-order valence-corrected chi connectivity index (χ3v) is 19.8. The van der Waals surface area contributed by atoms with Gasteiger partial charge in [0.1, 0.15) is 0 Å². The second-order valence-corrected chi connectivity index (χ2v) is 28.8. The molecular formula is C83H163NO5. The Morgan fingerprint density at radius 2 is 0.528 bits per heavy atom. The number of allylic oxidation sites excluding steroid dienone is 2. The summed E-state index contributed by atoms with van der Waals surface area (Å²) in [7, 11) is 0. The van der Waals surface area contributed by atoms with Gasteiger partial charge in [-0.1, -0.05) is 431 Å². The van der Waals surface area contributed by atoms with Crippen molar-refractivity contribution < 1.29 is 24.5 Å². The van der Waals surface area contributed by atoms with Crippen LogP contribution in [0.25, 0.3) is 0 Å². The number of ether oxygens (including phenoxy) is 1. The first-order chi connectivity index (χ1) is 44.0. The van der Waals surface area contributed by atoms with Crippen LogP contribution in [-0.2, 0) is 14.3 Å². The SMILES string of the molecule is CCCCCCCCCCCCCCCCCCCCCCCCCCC(O)C(CO)NC(=O)CCCCCCCCCCCCCCCC/C=C\CCCCCCCCCCCCCCOC(=O)CCCCCCCCCCCCCCCCCCCC. The van der Waals surface area contributed by atoms with E-state index >= 15 is 0 Å². The van der Waals surface area contributed by atoms with Crippen molar-refractivity contribution in [3.05, 3.63) is 12.2 Å². The zero-order valence-electron chi connectivity index (χ0n) is 61.0. The van der Waals surface area contributed by atoms with Crippen molar-refractivity contribution in [2.45, 2.75) is 495 Å². The number of hydrogen-bond donors (Lipinski definition) is 3. The third kappa shape index (κ3) is 75.5. The number of amides is 1. The monoisotopic (exact) mass is 1250 g/mol. The number of carbonyl (C=O) groups is 2. The second-order valence-electron chi connectivity index (χ2n) is 28.8. The molecule has 0 aliphatic carbocycles. The van der Waals surface area contributed by atoms with Crippen LogP contribution in [0.2, 0.25) is 0 Å². The first-order valence-corrected chi connectivity index (χ1v) is 41.4. The van der Waals surface area contributed by atoms with Crippen LogP contribution in [-0.4, -0.2) is 47.4 Å². The maximum absolute atomic E-state index is 12.6. The lowest BCUT2D eigenvalue weighted by molar-refractivity contribution is -0.143. The highest BCUT2D eigenvalue weighted by Crippen LogP contribution is 2.21. The average Bonchev–Trinajstić information content (AvgIpc) is 3.56. The maximum Gasteiger partial charge on any atom is 0.305 e. The molecule has 0 fully saturated rings. The molecule has 0 saturated carbocycles. The molecule has 6 heteroatoms. The predicted octanol–water partition coefficient (Wildman–Crippen LogP) is 27.4. The van der Waals surface area contributed by atoms with Crippen molar-refractivity contribution in [2.24, 2.45) is 0 Å². The van der Waals surface area contributed by atoms with E-state index in [1.807, 2.05) is 0 Å². The number of esters is 1. The lowest BCUT2D eigenvalue weighted by Crippen LogP contribution is -2.45. The van der Waals surface area contributed by atoms with Gasteiger partial charge >= 0.3 is 5.97 Å². The van der Waals surface area contributed by atoms with E-state index in [0.717, 1.165) is 38.5 Å². The smallest absolute Gasteiger partial charge is 0.305 e. The van der Waals surface area contributed by atoms with E-state index in [0.29, 0.717) is 25.9 Å². The summed E-state index contributed by atoms with van der Waals surface area (Å²) >= 11 is 0. The van der Waals surface area contributed by atoms with Crippen molar-refractivity contribution in [2.75, 3.05) is 13.2 Å². The summed E-state index contributed by atoms with van der Waals surface area (Å²) in [6.45, 7) is 5.02. The Morgan fingerprint density at radius 3 is 0.798 bits per heavy atom. The first kappa shape index (κ1) is 87.6. The molecule has 530 valence electrons. The van der Waals surface area contributed by atoms with Gasteiger partial charge in [-0.25, -0.2) is 0 Å². The van der Waals surface area contributed by atoms with Gasteiger partial charge in [-0.05, 0) is 51.4 Å². The summed E-state index contributed by atoms with van der Waals surface area (Å²) in [6, 6.07) is -0.541. The Morgan fingerprint density at radius 1 is 0.303 bits per heavy atom. The van der Waals surface area contributed by atoms with Gasteiger partial charge in [0.05, 0.1) is 25.4 Å². The van der Waals surface area contributed by atoms with Crippen LogP contribution in [0.15, 0.2) is 12.2 Å². The Balaban J connectivity index is 3.35. The van der Waals surface area contributed by atoms with E-state index in [1.165, 1.54) is 411 Å². The molecule has 0 spiro atoms. The van der Waals surface area contributed by atoms with Crippen LogP contribution in [0.5, 0.6) is 0 Å². The minimum absolute atomic E-state index is 0.0231. The van der Waals surface area contributed by atoms with Crippen molar-refractivity contribution in [3.8, 4) is 0 Å². The molecule has 1 amide bonds. The summed E-state index contributed by atoms with van der Waals surface area (Å²) in [5.74, 6) is -0.00402. The van der Waals surface area contributed by atoms with Crippen LogP contribution < -0.4 is 5.32 Å². The molecule has 0 aliphatic heterocycles. The lowest BCUT2D eigenvalue weighted by Gasteiger charge is -2.22. The predicted molar refractivity (Wildman–Crippen MR) is 394 cm³/mol. The van der Waals surface area contributed by atoms with Crippen LogP contribution in [0.3, 0.4) is 0 Å². The van der Waals surface area contributed by atoms with Gasteiger partial charge in [-0.2, -0.15) is 0 Å². The molecule has 0 heterocycles. The fourth-order valence-electron chi connectivity index (χ4n) is 13.5. The van der Waals surface area contributed by atoms with E-state index in [4.69, 9.17) is 4.74 Å². The quantitative estimate of drug-likeness (QED) is 0.0320. The number of nitrogens with one attached hydrogen (secondary N) is 1. The van der Waals surface area contributed by atoms with Gasteiger partial charge < -0.3 is 20.3 Å². The summed E-state index contributed by atoms with van der Waals surface area (Å²) in [5, 5.41) is 23.5. The highest BCUT2D eigenvalue weighted by atomic mass is 16.5. The van der Waals surface area contributed by atoms with Crippen LogP contribution in [0.1, 0.15) is 483 Å². The fourth-order valence-corrected chi connectivity index (χ4v) is 13.5. The topological polar surface area (TPSA) is 95.9 Å².